The number of unbranched alkanes of at least 4 members (excludes halogenated alkanes) is 14. The zero-order valence-corrected chi connectivity index (χ0v) is 32.5. The zero-order chi connectivity index (χ0) is 33.7. The number of hydrogen-bond acceptors (Lipinski definition) is 2. The minimum Gasteiger partial charge on any atom is -0.462 e. The molecule has 4 rings (SSSR count). The minimum atomic E-state index is 0.0653. The first-order valence-electron chi connectivity index (χ1n) is 21.6. The molecule has 0 N–H and O–H groups in total. The van der Waals surface area contributed by atoms with E-state index in [2.05, 4.69) is 47.6 Å². The van der Waals surface area contributed by atoms with Crippen molar-refractivity contribution in [2.24, 2.45) is 46.3 Å². The topological polar surface area (TPSA) is 26.3 Å². The van der Waals surface area contributed by atoms with Gasteiger partial charge in [0.1, 0.15) is 6.10 Å². The molecule has 0 unspecified atom stereocenters. The Morgan fingerprint density at radius 2 is 1.36 bits per heavy atom. The molecular formula is C45H80O2. The van der Waals surface area contributed by atoms with E-state index in [-0.39, 0.29) is 12.1 Å². The summed E-state index contributed by atoms with van der Waals surface area (Å²) in [6, 6.07) is 0. The third kappa shape index (κ3) is 10.8. The first-order chi connectivity index (χ1) is 22.7. The molecular weight excluding hydrogens is 572 g/mol. The Hall–Kier alpha value is -0.790. The van der Waals surface area contributed by atoms with Gasteiger partial charge in [0.25, 0.3) is 0 Å². The number of allylic oxidation sites excluding steroid dienone is 1. The minimum absolute atomic E-state index is 0.0653. The van der Waals surface area contributed by atoms with Crippen molar-refractivity contribution in [3.8, 4) is 0 Å². The zero-order valence-electron chi connectivity index (χ0n) is 32.5. The lowest BCUT2D eigenvalue weighted by Crippen LogP contribution is -2.51. The predicted molar refractivity (Wildman–Crippen MR) is 202 cm³/mol. The molecule has 47 heavy (non-hydrogen) atoms. The van der Waals surface area contributed by atoms with Crippen molar-refractivity contribution in [3.05, 3.63) is 11.6 Å². The maximum absolute atomic E-state index is 12.8. The highest BCUT2D eigenvalue weighted by Crippen LogP contribution is 2.67. The van der Waals surface area contributed by atoms with E-state index in [0.29, 0.717) is 17.3 Å². The second-order valence-corrected chi connectivity index (χ2v) is 18.3. The van der Waals surface area contributed by atoms with Gasteiger partial charge in [0.2, 0.25) is 0 Å². The van der Waals surface area contributed by atoms with Crippen LogP contribution in [0.25, 0.3) is 0 Å². The molecule has 0 aliphatic heterocycles. The second kappa shape index (κ2) is 19.6. The second-order valence-electron chi connectivity index (χ2n) is 18.3. The van der Waals surface area contributed by atoms with E-state index in [1.165, 1.54) is 148 Å². The first-order valence-corrected chi connectivity index (χ1v) is 21.6. The Morgan fingerprint density at radius 3 is 1.98 bits per heavy atom. The van der Waals surface area contributed by atoms with Crippen molar-refractivity contribution >= 4 is 5.97 Å². The Labute approximate surface area is 293 Å². The summed E-state index contributed by atoms with van der Waals surface area (Å²) in [4.78, 5) is 12.8. The molecule has 3 fully saturated rings. The summed E-state index contributed by atoms with van der Waals surface area (Å²) >= 11 is 0. The van der Waals surface area contributed by atoms with E-state index in [1.807, 2.05) is 0 Å². The number of esters is 1. The third-order valence-electron chi connectivity index (χ3n) is 14.5. The fourth-order valence-corrected chi connectivity index (χ4v) is 11.6. The summed E-state index contributed by atoms with van der Waals surface area (Å²) in [7, 11) is 0. The molecule has 0 aromatic rings. The quantitative estimate of drug-likeness (QED) is 0.0661. The lowest BCUT2D eigenvalue weighted by atomic mass is 9.47. The number of rotatable bonds is 22. The highest BCUT2D eigenvalue weighted by molar-refractivity contribution is 5.69. The number of carbonyl (C=O) groups is 1. The molecule has 0 heterocycles. The van der Waals surface area contributed by atoms with Crippen molar-refractivity contribution in [2.75, 3.05) is 0 Å². The maximum Gasteiger partial charge on any atom is 0.306 e. The largest absolute Gasteiger partial charge is 0.462 e. The van der Waals surface area contributed by atoms with Crippen molar-refractivity contribution < 1.29 is 9.53 Å². The molecule has 272 valence electrons. The van der Waals surface area contributed by atoms with Crippen LogP contribution in [0, 0.1) is 46.3 Å². The Balaban J connectivity index is 1.10. The maximum atomic E-state index is 12.8. The van der Waals surface area contributed by atoms with E-state index >= 15 is 0 Å². The molecule has 4 aliphatic carbocycles. The molecule has 0 aromatic heterocycles. The molecule has 2 heteroatoms. The van der Waals surface area contributed by atoms with Crippen LogP contribution in [0.15, 0.2) is 11.6 Å². The Bertz CT molecular complexity index is 934. The van der Waals surface area contributed by atoms with Gasteiger partial charge in [0.15, 0.2) is 0 Å². The van der Waals surface area contributed by atoms with Crippen molar-refractivity contribution in [1.82, 2.24) is 0 Å². The molecule has 2 nitrogen and oxygen atoms in total. The van der Waals surface area contributed by atoms with Gasteiger partial charge in [-0.05, 0) is 97.7 Å². The van der Waals surface area contributed by atoms with Gasteiger partial charge >= 0.3 is 5.97 Å². The highest BCUT2D eigenvalue weighted by Gasteiger charge is 2.59. The molecule has 4 aliphatic rings. The van der Waals surface area contributed by atoms with Gasteiger partial charge < -0.3 is 4.74 Å². The van der Waals surface area contributed by atoms with Crippen LogP contribution in [-0.2, 0) is 9.53 Å². The lowest BCUT2D eigenvalue weighted by Gasteiger charge is -2.58. The summed E-state index contributed by atoms with van der Waals surface area (Å²) in [5.41, 5.74) is 2.54. The van der Waals surface area contributed by atoms with Gasteiger partial charge in [-0.3, -0.25) is 4.79 Å². The van der Waals surface area contributed by atoms with Gasteiger partial charge in [-0.25, -0.2) is 0 Å². The van der Waals surface area contributed by atoms with Gasteiger partial charge in [0.05, 0.1) is 0 Å². The standard InChI is InChI=1S/C45H80O2/c1-7-8-9-10-11-12-13-14-15-16-17-18-19-20-21-25-43(46)47-38-30-32-44(5)37(34-38)26-27-39-41-29-28-40(36(4)24-22-23-35(2)3)45(41,6)33-31-42(39)44/h26,35-36,38-42H,7-25,27-34H2,1-6H3/t36-,38-,39-,40+,41-,42-,44-,45+/m0/s1. The Kier molecular flexibility index (Phi) is 16.2. The number of ether oxygens (including phenoxy) is 1. The fraction of sp³-hybridized carbons (Fsp3) is 0.933. The molecule has 0 radical (unpaired) electrons. The lowest BCUT2D eigenvalue weighted by molar-refractivity contribution is -0.151. The van der Waals surface area contributed by atoms with Crippen LogP contribution >= 0.6 is 0 Å². The predicted octanol–water partition coefficient (Wildman–Crippen LogP) is 14.2. The average Bonchev–Trinajstić information content (AvgIpc) is 3.40. The average molecular weight is 653 g/mol. The van der Waals surface area contributed by atoms with Crippen LogP contribution in [0.3, 0.4) is 0 Å². The molecule has 0 spiro atoms. The first kappa shape index (κ1) is 39.0. The summed E-state index contributed by atoms with van der Waals surface area (Å²) < 4.78 is 6.13. The number of fused-ring (bicyclic) bond motifs is 5. The number of carbonyl (C=O) groups excluding carboxylic acids is 1. The van der Waals surface area contributed by atoms with Crippen LogP contribution in [0.2, 0.25) is 0 Å². The SMILES string of the molecule is CCCCCCCCCCCCCCCCCC(=O)O[C@H]1CC[C@@]2(C)C(=CC[C@H]3[C@@H]4CC[C@H]([C@@H](C)CCCC(C)C)[C@@]4(C)CC[C@@H]32)C1. The van der Waals surface area contributed by atoms with E-state index < -0.39 is 0 Å². The molecule has 0 amide bonds. The van der Waals surface area contributed by atoms with E-state index in [0.717, 1.165) is 54.8 Å². The van der Waals surface area contributed by atoms with E-state index in [4.69, 9.17) is 4.74 Å². The normalized spacial score (nSPS) is 32.4. The summed E-state index contributed by atoms with van der Waals surface area (Å²) in [6.45, 7) is 15.0. The molecule has 0 saturated heterocycles. The van der Waals surface area contributed by atoms with Gasteiger partial charge in [-0.2, -0.15) is 0 Å². The molecule has 3 saturated carbocycles. The van der Waals surface area contributed by atoms with Crippen LogP contribution < -0.4 is 0 Å². The summed E-state index contributed by atoms with van der Waals surface area (Å²) in [5.74, 6) is 5.34. The van der Waals surface area contributed by atoms with Crippen LogP contribution in [0.1, 0.15) is 215 Å². The van der Waals surface area contributed by atoms with Crippen LogP contribution in [0.4, 0.5) is 0 Å². The molecule has 8 atom stereocenters. The molecule has 0 aromatic carbocycles. The highest BCUT2D eigenvalue weighted by atomic mass is 16.5. The van der Waals surface area contributed by atoms with Crippen molar-refractivity contribution in [2.45, 2.75) is 221 Å². The van der Waals surface area contributed by atoms with E-state index in [9.17, 15) is 4.79 Å². The van der Waals surface area contributed by atoms with Crippen LogP contribution in [-0.4, -0.2) is 12.1 Å². The van der Waals surface area contributed by atoms with Crippen molar-refractivity contribution in [1.29, 1.82) is 0 Å². The van der Waals surface area contributed by atoms with Gasteiger partial charge in [0, 0.05) is 12.8 Å². The van der Waals surface area contributed by atoms with E-state index in [1.54, 1.807) is 5.57 Å². The number of hydrogen-bond donors (Lipinski definition) is 0. The van der Waals surface area contributed by atoms with Crippen molar-refractivity contribution in [3.63, 3.8) is 0 Å². The molecule has 0 bridgehead atoms. The van der Waals surface area contributed by atoms with Gasteiger partial charge in [-0.15, -0.1) is 0 Å². The third-order valence-corrected chi connectivity index (χ3v) is 14.5. The fourth-order valence-electron chi connectivity index (χ4n) is 11.6. The summed E-state index contributed by atoms with van der Waals surface area (Å²) in [6.07, 6.45) is 38.4. The Morgan fingerprint density at radius 1 is 0.745 bits per heavy atom. The summed E-state index contributed by atoms with van der Waals surface area (Å²) in [5, 5.41) is 0. The monoisotopic (exact) mass is 653 g/mol. The van der Waals surface area contributed by atoms with Crippen LogP contribution in [0.5, 0.6) is 0 Å². The smallest absolute Gasteiger partial charge is 0.306 e. The van der Waals surface area contributed by atoms with Gasteiger partial charge in [-0.1, -0.05) is 162 Å².